The standard InChI is InChI=1S/C24H27F3N2O3/c25-24(26,27)32-20-11-8-19(9-12-20)16-23(31)28-21(17-29-14-4-5-15-29)22(30)13-10-18-6-2-1-3-7-18/h1-3,6-13,21-22,30H,4-5,14-17H2,(H,28,31). The molecule has 1 fully saturated rings. The molecule has 0 aromatic heterocycles. The largest absolute Gasteiger partial charge is 0.573 e. The average Bonchev–Trinajstić information content (AvgIpc) is 3.26. The van der Waals surface area contributed by atoms with E-state index in [1.165, 1.54) is 24.3 Å². The lowest BCUT2D eigenvalue weighted by Gasteiger charge is -2.27. The van der Waals surface area contributed by atoms with Crippen molar-refractivity contribution >= 4 is 12.0 Å². The van der Waals surface area contributed by atoms with Gasteiger partial charge < -0.3 is 20.1 Å². The highest BCUT2D eigenvalue weighted by Gasteiger charge is 2.31. The number of amides is 1. The van der Waals surface area contributed by atoms with Gasteiger partial charge in [-0.15, -0.1) is 13.2 Å². The number of hydrogen-bond acceptors (Lipinski definition) is 4. The molecule has 1 heterocycles. The molecule has 8 heteroatoms. The van der Waals surface area contributed by atoms with Crippen LogP contribution in [0.3, 0.4) is 0 Å². The normalized spacial score (nSPS) is 16.8. The Morgan fingerprint density at radius 1 is 1.09 bits per heavy atom. The SMILES string of the molecule is O=C(Cc1ccc(OC(F)(F)F)cc1)NC(CN1CCCC1)C(O)C=Cc1ccccc1. The molecule has 0 spiro atoms. The molecule has 5 nitrogen and oxygen atoms in total. The van der Waals surface area contributed by atoms with Gasteiger partial charge in [0.1, 0.15) is 5.75 Å². The Balaban J connectivity index is 1.61. The molecule has 0 radical (unpaired) electrons. The molecule has 2 N–H and O–H groups in total. The van der Waals surface area contributed by atoms with Crippen LogP contribution >= 0.6 is 0 Å². The number of likely N-dealkylation sites (tertiary alicyclic amines) is 1. The van der Waals surface area contributed by atoms with Crippen LogP contribution in [0.5, 0.6) is 5.75 Å². The van der Waals surface area contributed by atoms with Crippen molar-refractivity contribution in [1.82, 2.24) is 10.2 Å². The molecule has 2 aromatic carbocycles. The maximum absolute atomic E-state index is 12.6. The van der Waals surface area contributed by atoms with E-state index < -0.39 is 18.5 Å². The molecule has 0 bridgehead atoms. The summed E-state index contributed by atoms with van der Waals surface area (Å²) in [5, 5.41) is 13.6. The van der Waals surface area contributed by atoms with E-state index in [0.29, 0.717) is 12.1 Å². The lowest BCUT2D eigenvalue weighted by atomic mass is 10.1. The Hall–Kier alpha value is -2.84. The highest BCUT2D eigenvalue weighted by Crippen LogP contribution is 2.23. The van der Waals surface area contributed by atoms with Gasteiger partial charge in [-0.1, -0.05) is 54.6 Å². The zero-order valence-electron chi connectivity index (χ0n) is 17.6. The molecule has 172 valence electrons. The van der Waals surface area contributed by atoms with Crippen molar-refractivity contribution in [3.8, 4) is 5.75 Å². The average molecular weight is 448 g/mol. The Morgan fingerprint density at radius 2 is 1.75 bits per heavy atom. The zero-order chi connectivity index (χ0) is 23.0. The lowest BCUT2D eigenvalue weighted by Crippen LogP contribution is -2.49. The number of nitrogens with zero attached hydrogens (tertiary/aromatic N) is 1. The lowest BCUT2D eigenvalue weighted by molar-refractivity contribution is -0.274. The van der Waals surface area contributed by atoms with Crippen LogP contribution in [0.4, 0.5) is 13.2 Å². The fraction of sp³-hybridized carbons (Fsp3) is 0.375. The van der Waals surface area contributed by atoms with E-state index in [0.717, 1.165) is 31.5 Å². The summed E-state index contributed by atoms with van der Waals surface area (Å²) in [5.41, 5.74) is 1.49. The van der Waals surface area contributed by atoms with Crippen LogP contribution in [0, 0.1) is 0 Å². The van der Waals surface area contributed by atoms with Crippen molar-refractivity contribution in [3.63, 3.8) is 0 Å². The molecule has 1 saturated heterocycles. The van der Waals surface area contributed by atoms with Crippen LogP contribution < -0.4 is 10.1 Å². The quantitative estimate of drug-likeness (QED) is 0.613. The number of halogens is 3. The molecule has 1 aliphatic rings. The van der Waals surface area contributed by atoms with Crippen LogP contribution in [0.15, 0.2) is 60.7 Å². The van der Waals surface area contributed by atoms with E-state index in [9.17, 15) is 23.1 Å². The first-order valence-electron chi connectivity index (χ1n) is 10.6. The Bertz CT molecular complexity index is 880. The van der Waals surface area contributed by atoms with Crippen molar-refractivity contribution < 1.29 is 27.8 Å². The maximum Gasteiger partial charge on any atom is 0.573 e. The molecule has 32 heavy (non-hydrogen) atoms. The summed E-state index contributed by atoms with van der Waals surface area (Å²) < 4.78 is 40.7. The summed E-state index contributed by atoms with van der Waals surface area (Å²) in [6.45, 7) is 2.36. The minimum Gasteiger partial charge on any atom is -0.406 e. The number of hydrogen-bond donors (Lipinski definition) is 2. The van der Waals surface area contributed by atoms with Crippen molar-refractivity contribution in [2.75, 3.05) is 19.6 Å². The summed E-state index contributed by atoms with van der Waals surface area (Å²) in [6, 6.07) is 14.2. The number of nitrogens with one attached hydrogen (secondary N) is 1. The van der Waals surface area contributed by atoms with Crippen LogP contribution in [0.25, 0.3) is 6.08 Å². The molecular weight excluding hydrogens is 421 g/mol. The second-order valence-corrected chi connectivity index (χ2v) is 7.81. The van der Waals surface area contributed by atoms with E-state index >= 15 is 0 Å². The van der Waals surface area contributed by atoms with E-state index in [2.05, 4.69) is 15.0 Å². The smallest absolute Gasteiger partial charge is 0.406 e. The first-order valence-corrected chi connectivity index (χ1v) is 10.6. The zero-order valence-corrected chi connectivity index (χ0v) is 17.6. The summed E-state index contributed by atoms with van der Waals surface area (Å²) in [4.78, 5) is 14.8. The number of aliphatic hydroxyl groups is 1. The van der Waals surface area contributed by atoms with Gasteiger partial charge in [0.2, 0.25) is 5.91 Å². The van der Waals surface area contributed by atoms with Gasteiger partial charge >= 0.3 is 6.36 Å². The molecular formula is C24H27F3N2O3. The van der Waals surface area contributed by atoms with Crippen LogP contribution in [-0.2, 0) is 11.2 Å². The van der Waals surface area contributed by atoms with Crippen LogP contribution in [-0.4, -0.2) is 54.1 Å². The van der Waals surface area contributed by atoms with Gasteiger partial charge in [0, 0.05) is 6.54 Å². The minimum absolute atomic E-state index is 0.0160. The van der Waals surface area contributed by atoms with E-state index in [1.807, 2.05) is 36.4 Å². The first kappa shape index (κ1) is 23.8. The predicted octanol–water partition coefficient (Wildman–Crippen LogP) is 3.78. The number of benzene rings is 2. The molecule has 1 amide bonds. The van der Waals surface area contributed by atoms with Gasteiger partial charge in [0.05, 0.1) is 18.6 Å². The third-order valence-corrected chi connectivity index (χ3v) is 5.22. The fourth-order valence-corrected chi connectivity index (χ4v) is 3.64. The monoisotopic (exact) mass is 448 g/mol. The summed E-state index contributed by atoms with van der Waals surface area (Å²) >= 11 is 0. The summed E-state index contributed by atoms with van der Waals surface area (Å²) in [7, 11) is 0. The van der Waals surface area contributed by atoms with E-state index in [-0.39, 0.29) is 18.1 Å². The van der Waals surface area contributed by atoms with E-state index in [1.54, 1.807) is 6.08 Å². The van der Waals surface area contributed by atoms with Gasteiger partial charge in [-0.25, -0.2) is 0 Å². The molecule has 2 aromatic rings. The Morgan fingerprint density at radius 3 is 2.38 bits per heavy atom. The first-order chi connectivity index (χ1) is 15.3. The number of carbonyl (C=O) groups excluding carboxylic acids is 1. The van der Waals surface area contributed by atoms with Crippen LogP contribution in [0.1, 0.15) is 24.0 Å². The molecule has 1 aliphatic heterocycles. The molecule has 3 rings (SSSR count). The van der Waals surface area contributed by atoms with Gasteiger partial charge in [0.25, 0.3) is 0 Å². The summed E-state index contributed by atoms with van der Waals surface area (Å²) in [5.74, 6) is -0.652. The van der Waals surface area contributed by atoms with Crippen molar-refractivity contribution in [3.05, 3.63) is 71.8 Å². The topological polar surface area (TPSA) is 61.8 Å². The highest BCUT2D eigenvalue weighted by atomic mass is 19.4. The van der Waals surface area contributed by atoms with Crippen molar-refractivity contribution in [1.29, 1.82) is 0 Å². The second-order valence-electron chi connectivity index (χ2n) is 7.81. The van der Waals surface area contributed by atoms with Gasteiger partial charge in [0.15, 0.2) is 0 Å². The minimum atomic E-state index is -4.76. The van der Waals surface area contributed by atoms with Gasteiger partial charge in [-0.05, 0) is 49.2 Å². The van der Waals surface area contributed by atoms with Crippen molar-refractivity contribution in [2.24, 2.45) is 0 Å². The van der Waals surface area contributed by atoms with Crippen LogP contribution in [0.2, 0.25) is 0 Å². The van der Waals surface area contributed by atoms with E-state index in [4.69, 9.17) is 0 Å². The van der Waals surface area contributed by atoms with Gasteiger partial charge in [-0.3, -0.25) is 4.79 Å². The number of carbonyl (C=O) groups is 1. The van der Waals surface area contributed by atoms with Gasteiger partial charge in [-0.2, -0.15) is 0 Å². The summed E-state index contributed by atoms with van der Waals surface area (Å²) in [6.07, 6.45) is -0.0100. The Kier molecular flexibility index (Phi) is 8.30. The molecule has 0 aliphatic carbocycles. The molecule has 2 atom stereocenters. The third-order valence-electron chi connectivity index (χ3n) is 5.22. The number of aliphatic hydroxyl groups excluding tert-OH is 1. The second kappa shape index (κ2) is 11.2. The highest BCUT2D eigenvalue weighted by molar-refractivity contribution is 5.79. The fourth-order valence-electron chi connectivity index (χ4n) is 3.64. The predicted molar refractivity (Wildman–Crippen MR) is 116 cm³/mol. The number of ether oxygens (including phenoxy) is 1. The molecule has 0 saturated carbocycles. The molecule has 2 unspecified atom stereocenters. The Labute approximate surface area is 185 Å². The maximum atomic E-state index is 12.6. The third kappa shape index (κ3) is 8.01. The number of rotatable bonds is 9. The number of alkyl halides is 3. The van der Waals surface area contributed by atoms with Crippen molar-refractivity contribution in [2.45, 2.75) is 37.8 Å².